The van der Waals surface area contributed by atoms with Gasteiger partial charge in [0.1, 0.15) is 11.6 Å². The number of alkyl carbamates (subject to hydrolysis) is 1. The number of hydrogen-bond donors (Lipinski definition) is 1. The maximum absolute atomic E-state index is 13.6. The third kappa shape index (κ3) is 2.08. The highest BCUT2D eigenvalue weighted by Crippen LogP contribution is 2.26. The van der Waals surface area contributed by atoms with Gasteiger partial charge in [-0.3, -0.25) is 0 Å². The van der Waals surface area contributed by atoms with Gasteiger partial charge in [-0.25, -0.2) is 9.18 Å². The number of ether oxygens (including phenoxy) is 2. The van der Waals surface area contributed by atoms with Crippen molar-refractivity contribution in [2.45, 2.75) is 12.5 Å². The summed E-state index contributed by atoms with van der Waals surface area (Å²) < 4.78 is 23.3. The molecule has 0 saturated carbocycles. The fourth-order valence-corrected chi connectivity index (χ4v) is 1.67. The first-order chi connectivity index (χ1) is 7.70. The summed E-state index contributed by atoms with van der Waals surface area (Å²) in [5, 5.41) is 2.57. The summed E-state index contributed by atoms with van der Waals surface area (Å²) in [6.45, 7) is 0.299. The van der Waals surface area contributed by atoms with Crippen molar-refractivity contribution in [1.82, 2.24) is 5.32 Å². The van der Waals surface area contributed by atoms with Gasteiger partial charge in [0.2, 0.25) is 0 Å². The summed E-state index contributed by atoms with van der Waals surface area (Å²) in [5.74, 6) is 0.213. The van der Waals surface area contributed by atoms with Crippen LogP contribution in [0.1, 0.15) is 18.0 Å². The average Bonchev–Trinajstić information content (AvgIpc) is 2.30. The molecule has 86 valence electrons. The van der Waals surface area contributed by atoms with Crippen LogP contribution in [0.25, 0.3) is 0 Å². The molecule has 0 spiro atoms. The summed E-state index contributed by atoms with van der Waals surface area (Å²) in [4.78, 5) is 11.0. The molecule has 1 fully saturated rings. The zero-order valence-corrected chi connectivity index (χ0v) is 8.83. The van der Waals surface area contributed by atoms with Crippen molar-refractivity contribution < 1.29 is 18.7 Å². The molecule has 0 aliphatic carbocycles. The normalized spacial score (nSPS) is 19.9. The summed E-state index contributed by atoms with van der Waals surface area (Å²) >= 11 is 0. The Bertz CT molecular complexity index is 408. The van der Waals surface area contributed by atoms with E-state index in [2.05, 4.69) is 5.32 Å². The molecule has 1 aliphatic heterocycles. The SMILES string of the molecule is COc1ccc(F)c([C@@H]2CCOC(=O)N2)c1. The largest absolute Gasteiger partial charge is 0.497 e. The van der Waals surface area contributed by atoms with Crippen LogP contribution in [0.3, 0.4) is 0 Å². The van der Waals surface area contributed by atoms with Crippen LogP contribution in [0, 0.1) is 5.82 Å². The minimum atomic E-state index is -0.515. The van der Waals surface area contributed by atoms with E-state index in [9.17, 15) is 9.18 Å². The van der Waals surface area contributed by atoms with Crippen molar-refractivity contribution in [3.05, 3.63) is 29.6 Å². The molecular weight excluding hydrogens is 213 g/mol. The van der Waals surface area contributed by atoms with Crippen molar-refractivity contribution in [2.75, 3.05) is 13.7 Å². The van der Waals surface area contributed by atoms with Crippen LogP contribution < -0.4 is 10.1 Å². The zero-order valence-electron chi connectivity index (χ0n) is 8.83. The second-order valence-electron chi connectivity index (χ2n) is 3.51. The molecule has 1 aromatic rings. The van der Waals surface area contributed by atoms with E-state index in [1.165, 1.54) is 13.2 Å². The zero-order chi connectivity index (χ0) is 11.5. The fraction of sp³-hybridized carbons (Fsp3) is 0.364. The molecule has 1 heterocycles. The fourth-order valence-electron chi connectivity index (χ4n) is 1.67. The van der Waals surface area contributed by atoms with E-state index in [0.29, 0.717) is 24.3 Å². The topological polar surface area (TPSA) is 47.6 Å². The molecule has 1 N–H and O–H groups in total. The minimum Gasteiger partial charge on any atom is -0.497 e. The van der Waals surface area contributed by atoms with Gasteiger partial charge in [-0.15, -0.1) is 0 Å². The van der Waals surface area contributed by atoms with Crippen molar-refractivity contribution in [2.24, 2.45) is 0 Å². The Morgan fingerprint density at radius 2 is 2.38 bits per heavy atom. The lowest BCUT2D eigenvalue weighted by Crippen LogP contribution is -2.35. The minimum absolute atomic E-state index is 0.299. The first-order valence-corrected chi connectivity index (χ1v) is 4.97. The van der Waals surface area contributed by atoms with E-state index in [-0.39, 0.29) is 11.9 Å². The van der Waals surface area contributed by atoms with Crippen molar-refractivity contribution >= 4 is 6.09 Å². The van der Waals surface area contributed by atoms with E-state index in [1.54, 1.807) is 12.1 Å². The smallest absolute Gasteiger partial charge is 0.407 e. The molecular formula is C11H12FNO3. The first kappa shape index (κ1) is 10.7. The monoisotopic (exact) mass is 225 g/mol. The molecule has 16 heavy (non-hydrogen) atoms. The Morgan fingerprint density at radius 1 is 1.56 bits per heavy atom. The molecule has 0 radical (unpaired) electrons. The van der Waals surface area contributed by atoms with E-state index in [0.717, 1.165) is 0 Å². The Balaban J connectivity index is 2.27. The quantitative estimate of drug-likeness (QED) is 0.837. The number of halogens is 1. The molecule has 1 atom stereocenters. The van der Waals surface area contributed by atoms with Crippen molar-refractivity contribution in [3.8, 4) is 5.75 Å². The second-order valence-corrected chi connectivity index (χ2v) is 3.51. The predicted molar refractivity (Wildman–Crippen MR) is 54.8 cm³/mol. The molecule has 1 saturated heterocycles. The van der Waals surface area contributed by atoms with Crippen LogP contribution in [0.4, 0.5) is 9.18 Å². The number of methoxy groups -OCH3 is 1. The first-order valence-electron chi connectivity index (χ1n) is 4.97. The number of rotatable bonds is 2. The summed E-state index contributed by atoms with van der Waals surface area (Å²) in [6, 6.07) is 4.11. The molecule has 5 heteroatoms. The molecule has 0 unspecified atom stereocenters. The molecule has 0 aromatic heterocycles. The summed E-state index contributed by atoms with van der Waals surface area (Å²) in [5.41, 5.74) is 0.427. The predicted octanol–water partition coefficient (Wildman–Crippen LogP) is 2.01. The molecule has 1 aromatic carbocycles. The lowest BCUT2D eigenvalue weighted by atomic mass is 10.0. The van der Waals surface area contributed by atoms with E-state index < -0.39 is 6.09 Å². The van der Waals surface area contributed by atoms with Gasteiger partial charge in [0, 0.05) is 12.0 Å². The third-order valence-corrected chi connectivity index (χ3v) is 2.51. The summed E-state index contributed by atoms with van der Waals surface area (Å²) in [7, 11) is 1.51. The highest BCUT2D eigenvalue weighted by atomic mass is 19.1. The van der Waals surface area contributed by atoms with Gasteiger partial charge in [-0.2, -0.15) is 0 Å². The Kier molecular flexibility index (Phi) is 2.94. The van der Waals surface area contributed by atoms with Gasteiger partial charge in [-0.05, 0) is 18.2 Å². The summed E-state index contributed by atoms with van der Waals surface area (Å²) in [6.07, 6.45) is 0.0361. The van der Waals surface area contributed by atoms with Crippen molar-refractivity contribution in [3.63, 3.8) is 0 Å². The van der Waals surface area contributed by atoms with Crippen LogP contribution in [0.5, 0.6) is 5.75 Å². The number of carbonyl (C=O) groups excluding carboxylic acids is 1. The van der Waals surface area contributed by atoms with E-state index in [1.807, 2.05) is 0 Å². The van der Waals surface area contributed by atoms with Gasteiger partial charge in [0.05, 0.1) is 19.8 Å². The highest BCUT2D eigenvalue weighted by Gasteiger charge is 2.23. The number of nitrogens with one attached hydrogen (secondary N) is 1. The lowest BCUT2D eigenvalue weighted by Gasteiger charge is -2.24. The maximum Gasteiger partial charge on any atom is 0.407 e. The Hall–Kier alpha value is -1.78. The van der Waals surface area contributed by atoms with Gasteiger partial charge < -0.3 is 14.8 Å². The number of hydrogen-bond acceptors (Lipinski definition) is 3. The molecule has 1 amide bonds. The van der Waals surface area contributed by atoms with Gasteiger partial charge in [0.25, 0.3) is 0 Å². The number of carbonyl (C=O) groups is 1. The van der Waals surface area contributed by atoms with Gasteiger partial charge in [0.15, 0.2) is 0 Å². The molecule has 0 bridgehead atoms. The van der Waals surface area contributed by atoms with E-state index in [4.69, 9.17) is 9.47 Å². The number of amides is 1. The molecule has 1 aliphatic rings. The van der Waals surface area contributed by atoms with Gasteiger partial charge >= 0.3 is 6.09 Å². The molecule has 4 nitrogen and oxygen atoms in total. The number of cyclic esters (lactones) is 1. The highest BCUT2D eigenvalue weighted by molar-refractivity contribution is 5.68. The van der Waals surface area contributed by atoms with Crippen LogP contribution in [0.2, 0.25) is 0 Å². The van der Waals surface area contributed by atoms with Crippen LogP contribution in [-0.4, -0.2) is 19.8 Å². The maximum atomic E-state index is 13.6. The van der Waals surface area contributed by atoms with Gasteiger partial charge in [-0.1, -0.05) is 0 Å². The molecule has 2 rings (SSSR count). The third-order valence-electron chi connectivity index (χ3n) is 2.51. The number of benzene rings is 1. The Morgan fingerprint density at radius 3 is 3.06 bits per heavy atom. The van der Waals surface area contributed by atoms with Crippen LogP contribution in [0.15, 0.2) is 18.2 Å². The van der Waals surface area contributed by atoms with Crippen LogP contribution >= 0.6 is 0 Å². The van der Waals surface area contributed by atoms with E-state index >= 15 is 0 Å². The lowest BCUT2D eigenvalue weighted by molar-refractivity contribution is 0.115. The Labute approximate surface area is 92.4 Å². The second kappa shape index (κ2) is 4.38. The van der Waals surface area contributed by atoms with Crippen LogP contribution in [-0.2, 0) is 4.74 Å². The average molecular weight is 225 g/mol. The standard InChI is InChI=1S/C11H12FNO3/c1-15-7-2-3-9(12)8(6-7)10-4-5-16-11(14)13-10/h2-3,6,10H,4-5H2,1H3,(H,13,14)/t10-/m0/s1. The van der Waals surface area contributed by atoms with Crippen molar-refractivity contribution in [1.29, 1.82) is 0 Å².